The van der Waals surface area contributed by atoms with E-state index in [2.05, 4.69) is 4.98 Å². The lowest BCUT2D eigenvalue weighted by atomic mass is 9.93. The molecule has 4 nitrogen and oxygen atoms in total. The molecule has 1 aliphatic heterocycles. The summed E-state index contributed by atoms with van der Waals surface area (Å²) in [6, 6.07) is 3.78. The van der Waals surface area contributed by atoms with Gasteiger partial charge in [-0.05, 0) is 42.9 Å². The van der Waals surface area contributed by atoms with Gasteiger partial charge in [-0.1, -0.05) is 11.6 Å². The quantitative estimate of drug-likeness (QED) is 0.799. The fraction of sp³-hybridized carbons (Fsp3) is 0.583. The summed E-state index contributed by atoms with van der Waals surface area (Å²) in [5, 5.41) is 0.489. The molecule has 1 aliphatic rings. The van der Waals surface area contributed by atoms with Gasteiger partial charge in [-0.2, -0.15) is 0 Å². The molecule has 1 fully saturated rings. The molecule has 6 heteroatoms. The Balaban J connectivity index is 2.02. The van der Waals surface area contributed by atoms with Crippen LogP contribution in [0.1, 0.15) is 18.4 Å². The highest BCUT2D eigenvalue weighted by atomic mass is 35.5. The molecule has 0 aromatic carbocycles. The molecule has 1 unspecified atom stereocenters. The van der Waals surface area contributed by atoms with Crippen LogP contribution in [0.15, 0.2) is 18.3 Å². The van der Waals surface area contributed by atoms with Crippen molar-refractivity contribution in [2.24, 2.45) is 5.92 Å². The summed E-state index contributed by atoms with van der Waals surface area (Å²) in [6.45, 7) is 1.26. The minimum atomic E-state index is -3.06. The molecule has 1 saturated heterocycles. The first-order valence-corrected chi connectivity index (χ1v) is 8.23. The summed E-state index contributed by atoms with van der Waals surface area (Å²) in [7, 11) is -3.06. The molecular weight excluding hydrogens is 272 g/mol. The Morgan fingerprint density at radius 3 is 3.00 bits per heavy atom. The van der Waals surface area contributed by atoms with Crippen LogP contribution >= 0.6 is 11.6 Å². The molecule has 0 aliphatic carbocycles. The van der Waals surface area contributed by atoms with Gasteiger partial charge < -0.3 is 0 Å². The molecule has 0 bridgehead atoms. The molecule has 2 rings (SSSR count). The van der Waals surface area contributed by atoms with Gasteiger partial charge in [0.2, 0.25) is 10.0 Å². The normalized spacial score (nSPS) is 22.0. The molecule has 0 saturated carbocycles. The highest BCUT2D eigenvalue weighted by Gasteiger charge is 2.25. The number of halogens is 1. The van der Waals surface area contributed by atoms with E-state index < -0.39 is 10.0 Å². The Bertz CT molecular complexity index is 519. The SMILES string of the molecule is CS(=O)(=O)N1CCCC(Cc2ccnc(Cl)c2)C1. The largest absolute Gasteiger partial charge is 0.245 e. The van der Waals surface area contributed by atoms with Crippen molar-refractivity contribution in [1.29, 1.82) is 0 Å². The minimum Gasteiger partial charge on any atom is -0.245 e. The first-order valence-electron chi connectivity index (χ1n) is 6.01. The van der Waals surface area contributed by atoms with Crippen molar-refractivity contribution in [3.63, 3.8) is 0 Å². The number of rotatable bonds is 3. The number of aromatic nitrogens is 1. The zero-order chi connectivity index (χ0) is 13.2. The van der Waals surface area contributed by atoms with Crippen molar-refractivity contribution in [2.75, 3.05) is 19.3 Å². The van der Waals surface area contributed by atoms with E-state index in [0.717, 1.165) is 24.8 Å². The number of pyridine rings is 1. The zero-order valence-electron chi connectivity index (χ0n) is 10.3. The van der Waals surface area contributed by atoms with Gasteiger partial charge in [-0.25, -0.2) is 17.7 Å². The Morgan fingerprint density at radius 2 is 2.33 bits per heavy atom. The number of piperidine rings is 1. The van der Waals surface area contributed by atoms with Gasteiger partial charge >= 0.3 is 0 Å². The maximum atomic E-state index is 11.5. The van der Waals surface area contributed by atoms with Gasteiger partial charge in [0.05, 0.1) is 6.26 Å². The lowest BCUT2D eigenvalue weighted by Crippen LogP contribution is -2.39. The van der Waals surface area contributed by atoms with Gasteiger partial charge in [-0.15, -0.1) is 0 Å². The second-order valence-electron chi connectivity index (χ2n) is 4.82. The number of nitrogens with zero attached hydrogens (tertiary/aromatic N) is 2. The third-order valence-corrected chi connectivity index (χ3v) is 4.74. The zero-order valence-corrected chi connectivity index (χ0v) is 11.9. The van der Waals surface area contributed by atoms with Crippen LogP contribution in [0.25, 0.3) is 0 Å². The fourth-order valence-corrected chi connectivity index (χ4v) is 3.54. The summed E-state index contributed by atoms with van der Waals surface area (Å²) < 4.78 is 24.6. The second-order valence-corrected chi connectivity index (χ2v) is 7.19. The average Bonchev–Trinajstić information content (AvgIpc) is 2.28. The van der Waals surface area contributed by atoms with Gasteiger partial charge in [0.1, 0.15) is 5.15 Å². The molecule has 100 valence electrons. The number of sulfonamides is 1. The standard InChI is InChI=1S/C12H17ClN2O2S/c1-18(16,17)15-6-2-3-11(9-15)7-10-4-5-14-12(13)8-10/h4-5,8,11H,2-3,6-7,9H2,1H3. The monoisotopic (exact) mass is 288 g/mol. The highest BCUT2D eigenvalue weighted by molar-refractivity contribution is 7.88. The van der Waals surface area contributed by atoms with Crippen molar-refractivity contribution in [2.45, 2.75) is 19.3 Å². The Labute approximate surface area is 113 Å². The molecule has 0 N–H and O–H groups in total. The topological polar surface area (TPSA) is 50.3 Å². The van der Waals surface area contributed by atoms with Crippen LogP contribution in [0.5, 0.6) is 0 Å². The van der Waals surface area contributed by atoms with Gasteiger partial charge in [0, 0.05) is 19.3 Å². The Kier molecular flexibility index (Phi) is 4.25. The average molecular weight is 289 g/mol. The minimum absolute atomic E-state index is 0.368. The van der Waals surface area contributed by atoms with Gasteiger partial charge in [0.25, 0.3) is 0 Å². The van der Waals surface area contributed by atoms with Crippen LogP contribution in [0.3, 0.4) is 0 Å². The summed E-state index contributed by atoms with van der Waals surface area (Å²) in [5.74, 6) is 0.368. The highest BCUT2D eigenvalue weighted by Crippen LogP contribution is 2.23. The van der Waals surface area contributed by atoms with E-state index in [9.17, 15) is 8.42 Å². The van der Waals surface area contributed by atoms with E-state index in [-0.39, 0.29) is 0 Å². The maximum absolute atomic E-state index is 11.5. The van der Waals surface area contributed by atoms with Crippen LogP contribution in [-0.2, 0) is 16.4 Å². The van der Waals surface area contributed by atoms with Crippen LogP contribution in [-0.4, -0.2) is 37.1 Å². The second kappa shape index (κ2) is 5.55. The van der Waals surface area contributed by atoms with Crippen LogP contribution in [0.4, 0.5) is 0 Å². The third kappa shape index (κ3) is 3.67. The van der Waals surface area contributed by atoms with Crippen molar-refractivity contribution >= 4 is 21.6 Å². The smallest absolute Gasteiger partial charge is 0.211 e. The van der Waals surface area contributed by atoms with Gasteiger partial charge in [0.15, 0.2) is 0 Å². The molecule has 2 heterocycles. The van der Waals surface area contributed by atoms with E-state index in [1.165, 1.54) is 6.26 Å². The molecule has 1 atom stereocenters. The lowest BCUT2D eigenvalue weighted by molar-refractivity contribution is 0.267. The summed E-state index contributed by atoms with van der Waals surface area (Å²) in [4.78, 5) is 3.95. The first-order chi connectivity index (χ1) is 8.45. The Morgan fingerprint density at radius 1 is 1.56 bits per heavy atom. The predicted octanol–water partition coefficient (Wildman–Crippen LogP) is 1.95. The van der Waals surface area contributed by atoms with Crippen molar-refractivity contribution in [3.05, 3.63) is 29.0 Å². The van der Waals surface area contributed by atoms with E-state index in [0.29, 0.717) is 24.2 Å². The molecule has 0 amide bonds. The van der Waals surface area contributed by atoms with Crippen LogP contribution < -0.4 is 0 Å². The Hall–Kier alpha value is -0.650. The molecule has 0 radical (unpaired) electrons. The summed E-state index contributed by atoms with van der Waals surface area (Å²) in [6.07, 6.45) is 5.81. The van der Waals surface area contributed by atoms with Gasteiger partial charge in [-0.3, -0.25) is 0 Å². The molecule has 18 heavy (non-hydrogen) atoms. The van der Waals surface area contributed by atoms with Crippen molar-refractivity contribution in [1.82, 2.24) is 9.29 Å². The molecule has 0 spiro atoms. The number of hydrogen-bond acceptors (Lipinski definition) is 3. The summed E-state index contributed by atoms with van der Waals surface area (Å²) in [5.41, 5.74) is 1.12. The fourth-order valence-electron chi connectivity index (χ4n) is 2.40. The molecular formula is C12H17ClN2O2S. The predicted molar refractivity (Wildman–Crippen MR) is 72.1 cm³/mol. The molecule has 1 aromatic heterocycles. The van der Waals surface area contributed by atoms with Crippen LogP contribution in [0.2, 0.25) is 5.15 Å². The van der Waals surface area contributed by atoms with Crippen molar-refractivity contribution in [3.8, 4) is 0 Å². The third-order valence-electron chi connectivity index (χ3n) is 3.27. The summed E-state index contributed by atoms with van der Waals surface area (Å²) >= 11 is 5.85. The van der Waals surface area contributed by atoms with E-state index in [4.69, 9.17) is 11.6 Å². The molecule has 1 aromatic rings. The first kappa shape index (κ1) is 13.8. The van der Waals surface area contributed by atoms with E-state index in [1.54, 1.807) is 10.5 Å². The maximum Gasteiger partial charge on any atom is 0.211 e. The number of hydrogen-bond donors (Lipinski definition) is 0. The van der Waals surface area contributed by atoms with E-state index in [1.807, 2.05) is 12.1 Å². The lowest BCUT2D eigenvalue weighted by Gasteiger charge is -2.31. The van der Waals surface area contributed by atoms with Crippen molar-refractivity contribution < 1.29 is 8.42 Å². The van der Waals surface area contributed by atoms with Crippen LogP contribution in [0, 0.1) is 5.92 Å². The van der Waals surface area contributed by atoms with E-state index >= 15 is 0 Å².